The molecular weight excluding hydrogens is 308 g/mol. The Hall–Kier alpha value is -1.63. The number of rotatable bonds is 3. The van der Waals surface area contributed by atoms with Crippen molar-refractivity contribution < 1.29 is 14.4 Å². The van der Waals surface area contributed by atoms with Gasteiger partial charge in [-0.15, -0.1) is 0 Å². The molecule has 134 valence electrons. The van der Waals surface area contributed by atoms with Crippen LogP contribution in [0, 0.1) is 5.92 Å². The Balaban J connectivity index is 1.53. The zero-order chi connectivity index (χ0) is 16.9. The lowest BCUT2D eigenvalue weighted by molar-refractivity contribution is -0.139. The van der Waals surface area contributed by atoms with Gasteiger partial charge < -0.3 is 20.9 Å². The lowest BCUT2D eigenvalue weighted by Crippen LogP contribution is -2.61. The minimum absolute atomic E-state index is 0.111. The highest BCUT2D eigenvalue weighted by atomic mass is 16.2. The molecule has 3 aliphatic rings. The van der Waals surface area contributed by atoms with Crippen molar-refractivity contribution in [3.8, 4) is 0 Å². The van der Waals surface area contributed by atoms with Crippen LogP contribution >= 0.6 is 0 Å². The topological polar surface area (TPSA) is 90.5 Å². The van der Waals surface area contributed by atoms with Crippen molar-refractivity contribution in [3.63, 3.8) is 0 Å². The second-order valence-electron chi connectivity index (χ2n) is 7.12. The number of nitrogens with zero attached hydrogens (tertiary/aromatic N) is 1. The van der Waals surface area contributed by atoms with Crippen molar-refractivity contribution >= 4 is 17.7 Å². The van der Waals surface area contributed by atoms with Crippen molar-refractivity contribution in [1.29, 1.82) is 0 Å². The van der Waals surface area contributed by atoms with Gasteiger partial charge >= 0.3 is 0 Å². The molecule has 0 aromatic rings. The molecule has 3 N–H and O–H groups in total. The van der Waals surface area contributed by atoms with Crippen LogP contribution in [0.2, 0.25) is 0 Å². The Morgan fingerprint density at radius 1 is 1.04 bits per heavy atom. The number of hydrogen-bond donors (Lipinski definition) is 3. The minimum Gasteiger partial charge on any atom is -0.354 e. The molecule has 2 heterocycles. The van der Waals surface area contributed by atoms with E-state index in [2.05, 4.69) is 16.0 Å². The van der Waals surface area contributed by atoms with Gasteiger partial charge in [0.15, 0.2) is 0 Å². The van der Waals surface area contributed by atoms with Crippen molar-refractivity contribution in [1.82, 2.24) is 20.9 Å². The number of amides is 3. The Morgan fingerprint density at radius 2 is 1.83 bits per heavy atom. The molecule has 0 spiro atoms. The van der Waals surface area contributed by atoms with E-state index in [1.165, 1.54) is 6.42 Å². The third-order valence-electron chi connectivity index (χ3n) is 5.36. The highest BCUT2D eigenvalue weighted by Gasteiger charge is 2.33. The molecule has 24 heavy (non-hydrogen) atoms. The van der Waals surface area contributed by atoms with Crippen molar-refractivity contribution in [3.05, 3.63) is 0 Å². The quantitative estimate of drug-likeness (QED) is 0.664. The molecule has 2 atom stereocenters. The molecule has 2 unspecified atom stereocenters. The molecule has 1 saturated carbocycles. The summed E-state index contributed by atoms with van der Waals surface area (Å²) in [4.78, 5) is 38.7. The van der Waals surface area contributed by atoms with Crippen LogP contribution in [-0.2, 0) is 14.4 Å². The van der Waals surface area contributed by atoms with Gasteiger partial charge in [0, 0.05) is 32.1 Å². The van der Waals surface area contributed by atoms with E-state index in [4.69, 9.17) is 0 Å². The van der Waals surface area contributed by atoms with Crippen molar-refractivity contribution in [2.75, 3.05) is 26.2 Å². The largest absolute Gasteiger partial charge is 0.354 e. The summed E-state index contributed by atoms with van der Waals surface area (Å²) in [5, 5.41) is 8.77. The molecular formula is C17H28N4O3. The molecule has 3 rings (SSSR count). The first-order valence-corrected chi connectivity index (χ1v) is 9.25. The Labute approximate surface area is 142 Å². The third-order valence-corrected chi connectivity index (χ3v) is 5.36. The molecule has 0 bridgehead atoms. The van der Waals surface area contributed by atoms with Crippen LogP contribution in [0.3, 0.4) is 0 Å². The summed E-state index contributed by atoms with van der Waals surface area (Å²) in [7, 11) is 0. The maximum Gasteiger partial charge on any atom is 0.242 e. The highest BCUT2D eigenvalue weighted by Crippen LogP contribution is 2.25. The van der Waals surface area contributed by atoms with E-state index in [9.17, 15) is 14.4 Å². The second-order valence-corrected chi connectivity index (χ2v) is 7.12. The van der Waals surface area contributed by atoms with Gasteiger partial charge in [-0.3, -0.25) is 14.4 Å². The van der Waals surface area contributed by atoms with E-state index < -0.39 is 12.1 Å². The fraction of sp³-hybridized carbons (Fsp3) is 0.824. The SMILES string of the molecule is O=C(NC1CCCNC1=O)C1CN(C(=O)C2CCCCC2)CCN1. The molecule has 0 aromatic heterocycles. The average molecular weight is 336 g/mol. The first kappa shape index (κ1) is 17.2. The number of piperazine rings is 1. The smallest absolute Gasteiger partial charge is 0.242 e. The Morgan fingerprint density at radius 3 is 2.58 bits per heavy atom. The highest BCUT2D eigenvalue weighted by molar-refractivity contribution is 5.90. The van der Waals surface area contributed by atoms with Gasteiger partial charge in [0.05, 0.1) is 0 Å². The molecule has 2 saturated heterocycles. The van der Waals surface area contributed by atoms with Crippen LogP contribution in [-0.4, -0.2) is 60.9 Å². The van der Waals surface area contributed by atoms with E-state index >= 15 is 0 Å². The van der Waals surface area contributed by atoms with Crippen LogP contribution in [0.15, 0.2) is 0 Å². The molecule has 3 fully saturated rings. The van der Waals surface area contributed by atoms with Gasteiger partial charge in [-0.2, -0.15) is 0 Å². The van der Waals surface area contributed by atoms with Crippen LogP contribution in [0.25, 0.3) is 0 Å². The Bertz CT molecular complexity index is 490. The number of piperidine rings is 1. The zero-order valence-electron chi connectivity index (χ0n) is 14.2. The lowest BCUT2D eigenvalue weighted by Gasteiger charge is -2.36. The lowest BCUT2D eigenvalue weighted by atomic mass is 9.88. The summed E-state index contributed by atoms with van der Waals surface area (Å²) < 4.78 is 0. The maximum absolute atomic E-state index is 12.7. The fourth-order valence-corrected chi connectivity index (χ4v) is 3.92. The first-order chi connectivity index (χ1) is 11.6. The second kappa shape index (κ2) is 7.96. The molecule has 0 radical (unpaired) electrons. The normalized spacial score (nSPS) is 29.0. The summed E-state index contributed by atoms with van der Waals surface area (Å²) in [5.74, 6) is 0.0350. The molecule has 7 nitrogen and oxygen atoms in total. The van der Waals surface area contributed by atoms with Gasteiger partial charge in [0.25, 0.3) is 0 Å². The van der Waals surface area contributed by atoms with Crippen molar-refractivity contribution in [2.45, 2.75) is 57.0 Å². The van der Waals surface area contributed by atoms with Gasteiger partial charge in [-0.25, -0.2) is 0 Å². The summed E-state index contributed by atoms with van der Waals surface area (Å²) in [6, 6.07) is -0.876. The summed E-state index contributed by atoms with van der Waals surface area (Å²) in [6.45, 7) is 2.35. The first-order valence-electron chi connectivity index (χ1n) is 9.25. The average Bonchev–Trinajstić information content (AvgIpc) is 2.64. The van der Waals surface area contributed by atoms with E-state index in [0.717, 1.165) is 32.1 Å². The molecule has 2 aliphatic heterocycles. The number of carbonyl (C=O) groups excluding carboxylic acids is 3. The monoisotopic (exact) mass is 336 g/mol. The predicted octanol–water partition coefficient (Wildman–Crippen LogP) is -0.238. The molecule has 0 aromatic carbocycles. The van der Waals surface area contributed by atoms with Gasteiger partial charge in [0.1, 0.15) is 12.1 Å². The summed E-state index contributed by atoms with van der Waals surface area (Å²) >= 11 is 0. The van der Waals surface area contributed by atoms with Gasteiger partial charge in [-0.1, -0.05) is 19.3 Å². The van der Waals surface area contributed by atoms with Crippen LogP contribution in [0.1, 0.15) is 44.9 Å². The fourth-order valence-electron chi connectivity index (χ4n) is 3.92. The van der Waals surface area contributed by atoms with Crippen LogP contribution < -0.4 is 16.0 Å². The molecule has 7 heteroatoms. The summed E-state index contributed by atoms with van der Waals surface area (Å²) in [5.41, 5.74) is 0. The van der Waals surface area contributed by atoms with Crippen LogP contribution in [0.5, 0.6) is 0 Å². The predicted molar refractivity (Wildman–Crippen MR) is 89.1 cm³/mol. The number of nitrogens with one attached hydrogen (secondary N) is 3. The van der Waals surface area contributed by atoms with E-state index in [-0.39, 0.29) is 23.6 Å². The number of hydrogen-bond acceptors (Lipinski definition) is 4. The van der Waals surface area contributed by atoms with Gasteiger partial charge in [-0.05, 0) is 25.7 Å². The standard InChI is InChI=1S/C17H28N4O3/c22-15-13(7-4-8-19-15)20-16(23)14-11-21(10-9-18-14)17(24)12-5-2-1-3-6-12/h12-14,18H,1-11H2,(H,19,22)(H,20,23). The van der Waals surface area contributed by atoms with E-state index in [0.29, 0.717) is 32.6 Å². The maximum atomic E-state index is 12.7. The van der Waals surface area contributed by atoms with Crippen LogP contribution in [0.4, 0.5) is 0 Å². The Kier molecular flexibility index (Phi) is 5.71. The van der Waals surface area contributed by atoms with Crippen molar-refractivity contribution in [2.24, 2.45) is 5.92 Å². The zero-order valence-corrected chi connectivity index (χ0v) is 14.2. The summed E-state index contributed by atoms with van der Waals surface area (Å²) in [6.07, 6.45) is 6.98. The third kappa shape index (κ3) is 4.06. The minimum atomic E-state index is -0.447. The molecule has 1 aliphatic carbocycles. The number of carbonyl (C=O) groups is 3. The molecule has 3 amide bonds. The van der Waals surface area contributed by atoms with E-state index in [1.54, 1.807) is 0 Å². The van der Waals surface area contributed by atoms with E-state index in [1.807, 2.05) is 4.90 Å². The van der Waals surface area contributed by atoms with Gasteiger partial charge in [0.2, 0.25) is 17.7 Å².